The molecule has 6 heteroatoms. The molecule has 0 fully saturated rings. The molecule has 3 aromatic carbocycles. The quantitative estimate of drug-likeness (QED) is 0.276. The summed E-state index contributed by atoms with van der Waals surface area (Å²) in [5.74, 6) is -0.102. The van der Waals surface area contributed by atoms with Crippen molar-refractivity contribution in [1.82, 2.24) is 0 Å². The Balaban J connectivity index is 1.52. The van der Waals surface area contributed by atoms with Gasteiger partial charge in [0.05, 0.1) is 24.3 Å². The minimum absolute atomic E-state index is 0.152. The summed E-state index contributed by atoms with van der Waals surface area (Å²) >= 11 is 0. The number of esters is 2. The molecule has 0 saturated heterocycles. The molecule has 3 rings (SSSR count). The highest BCUT2D eigenvalue weighted by molar-refractivity contribution is 5.92. The number of hydrogen-bond donors (Lipinski definition) is 0. The molecule has 0 aromatic heterocycles. The van der Waals surface area contributed by atoms with Crippen molar-refractivity contribution in [2.75, 3.05) is 26.9 Å². The molecule has 0 aliphatic carbocycles. The van der Waals surface area contributed by atoms with E-state index in [4.69, 9.17) is 18.9 Å². The van der Waals surface area contributed by atoms with Gasteiger partial charge in [-0.3, -0.25) is 0 Å². The van der Waals surface area contributed by atoms with Crippen molar-refractivity contribution in [2.24, 2.45) is 0 Å². The van der Waals surface area contributed by atoms with Gasteiger partial charge < -0.3 is 18.9 Å². The maximum atomic E-state index is 12.4. The molecule has 0 bridgehead atoms. The molecule has 160 valence electrons. The zero-order valence-electron chi connectivity index (χ0n) is 17.3. The van der Waals surface area contributed by atoms with Gasteiger partial charge >= 0.3 is 11.9 Å². The molecule has 0 radical (unpaired) electrons. The lowest BCUT2D eigenvalue weighted by atomic mass is 10.2. The zero-order chi connectivity index (χ0) is 21.9. The zero-order valence-corrected chi connectivity index (χ0v) is 17.3. The molecule has 0 saturated carbocycles. The van der Waals surface area contributed by atoms with E-state index in [0.717, 1.165) is 6.42 Å². The molecule has 0 amide bonds. The van der Waals surface area contributed by atoms with Crippen LogP contribution in [0, 0.1) is 0 Å². The Morgan fingerprint density at radius 1 is 0.710 bits per heavy atom. The topological polar surface area (TPSA) is 71.1 Å². The van der Waals surface area contributed by atoms with Crippen molar-refractivity contribution in [1.29, 1.82) is 0 Å². The van der Waals surface area contributed by atoms with Gasteiger partial charge in [-0.1, -0.05) is 36.4 Å². The third-order valence-electron chi connectivity index (χ3n) is 4.39. The molecule has 31 heavy (non-hydrogen) atoms. The predicted octanol–water partition coefficient (Wildman–Crippen LogP) is 4.33. The van der Waals surface area contributed by atoms with Gasteiger partial charge in [0.25, 0.3) is 0 Å². The highest BCUT2D eigenvalue weighted by atomic mass is 16.6. The summed E-state index contributed by atoms with van der Waals surface area (Å²) in [6.07, 6.45) is 0.800. The first-order chi connectivity index (χ1) is 15.2. The minimum Gasteiger partial charge on any atom is -0.493 e. The number of carbonyl (C=O) groups is 2. The highest BCUT2D eigenvalue weighted by Gasteiger charge is 2.12. The molecular weight excluding hydrogens is 396 g/mol. The molecule has 0 spiro atoms. The lowest BCUT2D eigenvalue weighted by Crippen LogP contribution is -2.11. The van der Waals surface area contributed by atoms with E-state index in [0.29, 0.717) is 30.1 Å². The second kappa shape index (κ2) is 11.5. The van der Waals surface area contributed by atoms with Crippen LogP contribution in [-0.4, -0.2) is 38.9 Å². The number of methoxy groups -OCH3 is 1. The van der Waals surface area contributed by atoms with Crippen LogP contribution in [0.1, 0.15) is 26.3 Å². The Labute approximate surface area is 181 Å². The summed E-state index contributed by atoms with van der Waals surface area (Å²) in [5.41, 5.74) is 1.87. The molecule has 0 atom stereocenters. The fourth-order valence-corrected chi connectivity index (χ4v) is 2.77. The van der Waals surface area contributed by atoms with E-state index in [1.54, 1.807) is 42.5 Å². The summed E-state index contributed by atoms with van der Waals surface area (Å²) in [6.45, 7) is 1.01. The van der Waals surface area contributed by atoms with E-state index in [9.17, 15) is 9.59 Å². The van der Waals surface area contributed by atoms with E-state index >= 15 is 0 Å². The Morgan fingerprint density at radius 2 is 1.48 bits per heavy atom. The SMILES string of the molecule is COCCOC(=O)c1cccc(OC(=O)c2ccc(OCCc3ccccc3)cc2)c1. The Hall–Kier alpha value is -3.64. The Morgan fingerprint density at radius 3 is 2.23 bits per heavy atom. The standard InChI is InChI=1S/C25H24O6/c1-28-16-17-30-24(26)21-8-5-9-23(18-21)31-25(27)20-10-12-22(13-11-20)29-15-14-19-6-3-2-4-7-19/h2-13,18H,14-17H2,1H3. The van der Waals surface area contributed by atoms with Crippen LogP contribution in [0.3, 0.4) is 0 Å². The Kier molecular flexibility index (Phi) is 8.20. The molecule has 0 aliphatic rings. The van der Waals surface area contributed by atoms with Crippen LogP contribution in [0.2, 0.25) is 0 Å². The molecule has 0 N–H and O–H groups in total. The third kappa shape index (κ3) is 6.97. The van der Waals surface area contributed by atoms with Crippen LogP contribution in [0.25, 0.3) is 0 Å². The predicted molar refractivity (Wildman–Crippen MR) is 116 cm³/mol. The summed E-state index contributed by atoms with van der Waals surface area (Å²) in [5, 5.41) is 0. The van der Waals surface area contributed by atoms with Gasteiger partial charge in [-0.2, -0.15) is 0 Å². The van der Waals surface area contributed by atoms with Gasteiger partial charge in [-0.15, -0.1) is 0 Å². The van der Waals surface area contributed by atoms with Crippen LogP contribution in [-0.2, 0) is 15.9 Å². The van der Waals surface area contributed by atoms with E-state index in [2.05, 4.69) is 12.1 Å². The summed E-state index contributed by atoms with van der Waals surface area (Å²) in [7, 11) is 1.53. The van der Waals surface area contributed by atoms with Crippen molar-refractivity contribution in [3.05, 3.63) is 95.6 Å². The normalized spacial score (nSPS) is 10.4. The molecule has 0 unspecified atom stereocenters. The highest BCUT2D eigenvalue weighted by Crippen LogP contribution is 2.18. The fraction of sp³-hybridized carbons (Fsp3) is 0.200. The largest absolute Gasteiger partial charge is 0.493 e. The Bertz CT molecular complexity index is 982. The van der Waals surface area contributed by atoms with Crippen molar-refractivity contribution >= 4 is 11.9 Å². The first-order valence-electron chi connectivity index (χ1n) is 9.91. The van der Waals surface area contributed by atoms with Crippen LogP contribution < -0.4 is 9.47 Å². The smallest absolute Gasteiger partial charge is 0.343 e. The van der Waals surface area contributed by atoms with Gasteiger partial charge in [0.1, 0.15) is 18.1 Å². The van der Waals surface area contributed by atoms with Crippen molar-refractivity contribution in [3.8, 4) is 11.5 Å². The van der Waals surface area contributed by atoms with Crippen LogP contribution in [0.15, 0.2) is 78.9 Å². The van der Waals surface area contributed by atoms with E-state index in [1.807, 2.05) is 18.2 Å². The molecule has 3 aromatic rings. The van der Waals surface area contributed by atoms with E-state index < -0.39 is 11.9 Å². The molecule has 6 nitrogen and oxygen atoms in total. The van der Waals surface area contributed by atoms with Crippen molar-refractivity contribution in [2.45, 2.75) is 6.42 Å². The van der Waals surface area contributed by atoms with E-state index in [-0.39, 0.29) is 12.4 Å². The van der Waals surface area contributed by atoms with Crippen LogP contribution >= 0.6 is 0 Å². The van der Waals surface area contributed by atoms with Crippen molar-refractivity contribution < 1.29 is 28.5 Å². The molecular formula is C25H24O6. The first kappa shape index (κ1) is 22.1. The summed E-state index contributed by atoms with van der Waals surface area (Å²) in [6, 6.07) is 23.1. The fourth-order valence-electron chi connectivity index (χ4n) is 2.77. The summed E-state index contributed by atoms with van der Waals surface area (Å²) < 4.78 is 21.0. The van der Waals surface area contributed by atoms with Gasteiger partial charge in [0, 0.05) is 13.5 Å². The first-order valence-corrected chi connectivity index (χ1v) is 9.91. The number of benzene rings is 3. The summed E-state index contributed by atoms with van der Waals surface area (Å²) in [4.78, 5) is 24.4. The van der Waals surface area contributed by atoms with Gasteiger partial charge in [0.15, 0.2) is 0 Å². The van der Waals surface area contributed by atoms with Gasteiger partial charge in [-0.25, -0.2) is 9.59 Å². The molecule has 0 heterocycles. The second-order valence-electron chi connectivity index (χ2n) is 6.65. The second-order valence-corrected chi connectivity index (χ2v) is 6.65. The number of ether oxygens (including phenoxy) is 4. The maximum absolute atomic E-state index is 12.4. The van der Waals surface area contributed by atoms with Crippen LogP contribution in [0.5, 0.6) is 11.5 Å². The average molecular weight is 420 g/mol. The number of rotatable bonds is 10. The number of carbonyl (C=O) groups excluding carboxylic acids is 2. The van der Waals surface area contributed by atoms with Crippen molar-refractivity contribution in [3.63, 3.8) is 0 Å². The minimum atomic E-state index is -0.527. The average Bonchev–Trinajstić information content (AvgIpc) is 2.80. The van der Waals surface area contributed by atoms with Crippen LogP contribution in [0.4, 0.5) is 0 Å². The van der Waals surface area contributed by atoms with Gasteiger partial charge in [0.2, 0.25) is 0 Å². The molecule has 0 aliphatic heterocycles. The van der Waals surface area contributed by atoms with Gasteiger partial charge in [-0.05, 0) is 48.0 Å². The monoisotopic (exact) mass is 420 g/mol. The third-order valence-corrected chi connectivity index (χ3v) is 4.39. The number of hydrogen-bond acceptors (Lipinski definition) is 6. The lowest BCUT2D eigenvalue weighted by Gasteiger charge is -2.09. The van der Waals surface area contributed by atoms with E-state index in [1.165, 1.54) is 18.7 Å². The maximum Gasteiger partial charge on any atom is 0.343 e. The lowest BCUT2D eigenvalue weighted by molar-refractivity contribution is 0.0387.